The Morgan fingerprint density at radius 2 is 0.945 bits per heavy atom. The third kappa shape index (κ3) is 6.04. The highest BCUT2D eigenvalue weighted by molar-refractivity contribution is 6.05. The van der Waals surface area contributed by atoms with Crippen LogP contribution in [0.3, 0.4) is 0 Å². The molecular weight excluding hydrogens is 671 g/mol. The van der Waals surface area contributed by atoms with Gasteiger partial charge in [-0.2, -0.15) is 0 Å². The lowest BCUT2D eigenvalue weighted by atomic mass is 9.91. The van der Waals surface area contributed by atoms with Gasteiger partial charge in [0.2, 0.25) is 0 Å². The normalized spacial score (nSPS) is 11.3. The predicted molar refractivity (Wildman–Crippen MR) is 225 cm³/mol. The zero-order valence-corrected chi connectivity index (χ0v) is 29.8. The molecule has 0 radical (unpaired) electrons. The zero-order chi connectivity index (χ0) is 36.6. The maximum Gasteiger partial charge on any atom is 0.164 e. The van der Waals surface area contributed by atoms with Crippen molar-refractivity contribution >= 4 is 21.8 Å². The Balaban J connectivity index is 1.04. The molecule has 0 saturated carbocycles. The van der Waals surface area contributed by atoms with Crippen molar-refractivity contribution in [2.24, 2.45) is 0 Å². The van der Waals surface area contributed by atoms with Crippen molar-refractivity contribution in [2.45, 2.75) is 0 Å². The number of benzene rings is 7. The minimum absolute atomic E-state index is 0.703. The molecule has 0 spiro atoms. The van der Waals surface area contributed by atoms with Crippen molar-refractivity contribution in [3.63, 3.8) is 0 Å². The number of aromatic nitrogens is 5. The number of para-hydroxylation sites is 3. The van der Waals surface area contributed by atoms with Crippen LogP contribution in [0.25, 0.3) is 95.2 Å². The van der Waals surface area contributed by atoms with Crippen LogP contribution in [0.2, 0.25) is 0 Å². The highest BCUT2D eigenvalue weighted by Gasteiger charge is 2.17. The average molecular weight is 704 g/mol. The van der Waals surface area contributed by atoms with Gasteiger partial charge in [-0.05, 0) is 69.9 Å². The SMILES string of the molecule is c1ccc(-c2cc(-c3cccc(-c4ccc(-c5ccc(-c6nc7ccccc7n6-c6ccccc6)nc5)c5ccccc45)c3)nc(-c3ccccc3)n2)cc1. The molecule has 258 valence electrons. The van der Waals surface area contributed by atoms with Crippen molar-refractivity contribution in [2.75, 3.05) is 0 Å². The van der Waals surface area contributed by atoms with E-state index in [2.05, 4.69) is 138 Å². The van der Waals surface area contributed by atoms with Crippen molar-refractivity contribution in [1.82, 2.24) is 24.5 Å². The fourth-order valence-corrected chi connectivity index (χ4v) is 7.44. The fourth-order valence-electron chi connectivity index (χ4n) is 7.44. The zero-order valence-electron chi connectivity index (χ0n) is 29.8. The molecule has 0 atom stereocenters. The molecule has 10 aromatic rings. The van der Waals surface area contributed by atoms with Gasteiger partial charge in [-0.1, -0.05) is 152 Å². The Morgan fingerprint density at radius 3 is 1.65 bits per heavy atom. The average Bonchev–Trinajstić information content (AvgIpc) is 3.67. The molecule has 0 amide bonds. The minimum Gasteiger partial charge on any atom is -0.291 e. The van der Waals surface area contributed by atoms with Gasteiger partial charge in [-0.15, -0.1) is 0 Å². The first-order valence-electron chi connectivity index (χ1n) is 18.4. The van der Waals surface area contributed by atoms with E-state index in [1.807, 2.05) is 66.9 Å². The molecule has 0 fully saturated rings. The maximum absolute atomic E-state index is 5.09. The summed E-state index contributed by atoms with van der Waals surface area (Å²) in [5.41, 5.74) is 13.1. The van der Waals surface area contributed by atoms with E-state index in [-0.39, 0.29) is 0 Å². The standard InChI is InChI=1S/C50H33N5/c1-4-15-34(16-5-1)46-32-47(53-49(52-46)35-17-6-2-7-18-35)37-20-14-19-36(31-37)40-28-29-41(43-24-11-10-23-42(40)43)38-27-30-45(51-33-38)50-54-44-25-12-13-26-48(44)55(50)39-21-8-3-9-22-39/h1-33H. The van der Waals surface area contributed by atoms with Crippen molar-refractivity contribution in [1.29, 1.82) is 0 Å². The van der Waals surface area contributed by atoms with Gasteiger partial charge in [-0.3, -0.25) is 9.55 Å². The molecule has 0 N–H and O–H groups in total. The van der Waals surface area contributed by atoms with E-state index in [4.69, 9.17) is 19.9 Å². The molecule has 3 heterocycles. The summed E-state index contributed by atoms with van der Waals surface area (Å²) in [6.45, 7) is 0. The van der Waals surface area contributed by atoms with Gasteiger partial charge in [-0.25, -0.2) is 15.0 Å². The largest absolute Gasteiger partial charge is 0.291 e. The first-order valence-corrected chi connectivity index (χ1v) is 18.4. The lowest BCUT2D eigenvalue weighted by molar-refractivity contribution is 1.08. The molecule has 3 aromatic heterocycles. The minimum atomic E-state index is 0.703. The molecular formula is C50H33N5. The molecule has 0 aliphatic heterocycles. The van der Waals surface area contributed by atoms with Gasteiger partial charge in [0.25, 0.3) is 0 Å². The van der Waals surface area contributed by atoms with E-state index in [1.165, 1.54) is 5.39 Å². The van der Waals surface area contributed by atoms with Crippen molar-refractivity contribution < 1.29 is 0 Å². The quantitative estimate of drug-likeness (QED) is 0.166. The molecule has 0 bridgehead atoms. The van der Waals surface area contributed by atoms with Crippen LogP contribution in [0.4, 0.5) is 0 Å². The second-order valence-electron chi connectivity index (χ2n) is 13.5. The Labute approximate surface area is 318 Å². The van der Waals surface area contributed by atoms with Crippen molar-refractivity contribution in [3.8, 4) is 73.4 Å². The Kier molecular flexibility index (Phi) is 8.08. The number of nitrogens with zero attached hydrogens (tertiary/aromatic N) is 5. The van der Waals surface area contributed by atoms with E-state index >= 15 is 0 Å². The summed E-state index contributed by atoms with van der Waals surface area (Å²) in [4.78, 5) is 20.1. The van der Waals surface area contributed by atoms with Gasteiger partial charge in [0.15, 0.2) is 11.6 Å². The van der Waals surface area contributed by atoms with Crippen LogP contribution >= 0.6 is 0 Å². The van der Waals surface area contributed by atoms with Crippen LogP contribution in [-0.2, 0) is 0 Å². The number of rotatable bonds is 7. The molecule has 7 aromatic carbocycles. The summed E-state index contributed by atoms with van der Waals surface area (Å²) in [7, 11) is 0. The maximum atomic E-state index is 5.09. The molecule has 0 aliphatic rings. The number of pyridine rings is 1. The third-order valence-corrected chi connectivity index (χ3v) is 10.1. The number of hydrogen-bond donors (Lipinski definition) is 0. The van der Waals surface area contributed by atoms with Crippen LogP contribution in [0.15, 0.2) is 200 Å². The number of imidazole rings is 1. The topological polar surface area (TPSA) is 56.5 Å². The van der Waals surface area contributed by atoms with Crippen LogP contribution in [-0.4, -0.2) is 24.5 Å². The molecule has 0 saturated heterocycles. The Morgan fingerprint density at radius 1 is 0.364 bits per heavy atom. The highest BCUT2D eigenvalue weighted by atomic mass is 15.1. The third-order valence-electron chi connectivity index (χ3n) is 10.1. The lowest BCUT2D eigenvalue weighted by Gasteiger charge is -2.14. The lowest BCUT2D eigenvalue weighted by Crippen LogP contribution is -1.98. The van der Waals surface area contributed by atoms with Crippen LogP contribution in [0.5, 0.6) is 0 Å². The fraction of sp³-hybridized carbons (Fsp3) is 0. The second-order valence-corrected chi connectivity index (χ2v) is 13.5. The summed E-state index contributed by atoms with van der Waals surface area (Å²) in [6.07, 6.45) is 1.97. The van der Waals surface area contributed by atoms with E-state index < -0.39 is 0 Å². The Bertz CT molecular complexity index is 2900. The van der Waals surface area contributed by atoms with E-state index in [9.17, 15) is 0 Å². The van der Waals surface area contributed by atoms with Crippen LogP contribution in [0, 0.1) is 0 Å². The number of hydrogen-bond acceptors (Lipinski definition) is 4. The van der Waals surface area contributed by atoms with Gasteiger partial charge < -0.3 is 0 Å². The second kappa shape index (κ2) is 13.8. The van der Waals surface area contributed by atoms with Gasteiger partial charge in [0.1, 0.15) is 5.69 Å². The smallest absolute Gasteiger partial charge is 0.164 e. The molecule has 55 heavy (non-hydrogen) atoms. The first kappa shape index (κ1) is 32.2. The molecule has 5 heteroatoms. The molecule has 10 rings (SSSR count). The monoisotopic (exact) mass is 703 g/mol. The van der Waals surface area contributed by atoms with Crippen molar-refractivity contribution in [3.05, 3.63) is 200 Å². The predicted octanol–water partition coefficient (Wildman–Crippen LogP) is 12.4. The Hall–Kier alpha value is -7.50. The summed E-state index contributed by atoms with van der Waals surface area (Å²) in [5, 5.41) is 2.33. The molecule has 0 unspecified atom stereocenters. The van der Waals surface area contributed by atoms with Gasteiger partial charge in [0.05, 0.1) is 22.4 Å². The number of fused-ring (bicyclic) bond motifs is 2. The molecule has 5 nitrogen and oxygen atoms in total. The summed E-state index contributed by atoms with van der Waals surface area (Å²) in [6, 6.07) is 67.1. The van der Waals surface area contributed by atoms with Crippen LogP contribution in [0.1, 0.15) is 0 Å². The van der Waals surface area contributed by atoms with E-state index in [0.29, 0.717) is 5.82 Å². The first-order chi connectivity index (χ1) is 27.3. The van der Waals surface area contributed by atoms with E-state index in [1.54, 1.807) is 0 Å². The van der Waals surface area contributed by atoms with Crippen LogP contribution < -0.4 is 0 Å². The highest BCUT2D eigenvalue weighted by Crippen LogP contribution is 2.38. The summed E-state index contributed by atoms with van der Waals surface area (Å²) < 4.78 is 2.18. The van der Waals surface area contributed by atoms with Gasteiger partial charge >= 0.3 is 0 Å². The molecule has 0 aliphatic carbocycles. The van der Waals surface area contributed by atoms with Gasteiger partial charge in [0, 0.05) is 34.1 Å². The van der Waals surface area contributed by atoms with E-state index in [0.717, 1.165) is 84.0 Å². The summed E-state index contributed by atoms with van der Waals surface area (Å²) in [5.74, 6) is 1.52. The summed E-state index contributed by atoms with van der Waals surface area (Å²) >= 11 is 0.